The molecule has 6 heteroatoms. The predicted molar refractivity (Wildman–Crippen MR) is 44.6 cm³/mol. The number of nitrogens with two attached hydrogens (primary N) is 1. The highest BCUT2D eigenvalue weighted by atomic mass is 16.5. The van der Waals surface area contributed by atoms with Gasteiger partial charge in [0.15, 0.2) is 0 Å². The fourth-order valence-corrected chi connectivity index (χ4v) is 1.28. The van der Waals surface area contributed by atoms with Crippen LogP contribution in [0.4, 0.5) is 5.82 Å². The number of aromatic nitrogens is 2. The van der Waals surface area contributed by atoms with Crippen molar-refractivity contribution < 1.29 is 14.1 Å². The first-order valence-corrected chi connectivity index (χ1v) is 4.26. The molecule has 1 saturated heterocycles. The third-order valence-electron chi connectivity index (χ3n) is 2.09. The number of anilines is 1. The highest BCUT2D eigenvalue weighted by molar-refractivity contribution is 5.22. The van der Waals surface area contributed by atoms with Crippen LogP contribution in [0.15, 0.2) is 4.52 Å². The molecule has 0 saturated carbocycles. The highest BCUT2D eigenvalue weighted by Crippen LogP contribution is 2.02. The van der Waals surface area contributed by atoms with Crippen molar-refractivity contribution in [3.05, 3.63) is 5.76 Å². The van der Waals surface area contributed by atoms with Crippen molar-refractivity contribution >= 4 is 5.82 Å². The standard InChI is InChI=1S/C7H13N4O2/c1-6-7(8)11(9-13-6)10-2-4-12-5-3-10/h2-5,8H2,1H3/q+1. The maximum Gasteiger partial charge on any atom is 0.363 e. The monoisotopic (exact) mass is 185 g/mol. The molecule has 2 rings (SSSR count). The first-order valence-electron chi connectivity index (χ1n) is 4.26. The van der Waals surface area contributed by atoms with Gasteiger partial charge in [-0.2, -0.15) is 0 Å². The predicted octanol–water partition coefficient (Wildman–Crippen LogP) is -1.18. The molecule has 0 radical (unpaired) electrons. The van der Waals surface area contributed by atoms with Gasteiger partial charge in [-0.3, -0.25) is 5.73 Å². The first-order chi connectivity index (χ1) is 6.29. The van der Waals surface area contributed by atoms with E-state index in [9.17, 15) is 0 Å². The van der Waals surface area contributed by atoms with E-state index in [1.54, 1.807) is 11.7 Å². The number of aryl methyl sites for hydroxylation is 1. The van der Waals surface area contributed by atoms with Gasteiger partial charge in [0.25, 0.3) is 0 Å². The number of hydrogen-bond donors (Lipinski definition) is 1. The maximum atomic E-state index is 5.76. The van der Waals surface area contributed by atoms with E-state index in [0.717, 1.165) is 13.1 Å². The van der Waals surface area contributed by atoms with E-state index in [-0.39, 0.29) is 0 Å². The second-order valence-corrected chi connectivity index (χ2v) is 2.97. The van der Waals surface area contributed by atoms with Crippen LogP contribution in [-0.4, -0.2) is 31.6 Å². The van der Waals surface area contributed by atoms with Crippen molar-refractivity contribution in [1.82, 2.24) is 5.27 Å². The van der Waals surface area contributed by atoms with Gasteiger partial charge in [-0.1, -0.05) is 0 Å². The van der Waals surface area contributed by atoms with Crippen LogP contribution < -0.4 is 15.5 Å². The van der Waals surface area contributed by atoms with Crippen LogP contribution in [0.3, 0.4) is 0 Å². The van der Waals surface area contributed by atoms with Crippen molar-refractivity contribution in [3.63, 3.8) is 0 Å². The lowest BCUT2D eigenvalue weighted by molar-refractivity contribution is -0.747. The molecule has 0 atom stereocenters. The van der Waals surface area contributed by atoms with Gasteiger partial charge in [0.1, 0.15) is 5.27 Å². The normalized spacial score (nSPS) is 17.8. The lowest BCUT2D eigenvalue weighted by Gasteiger charge is -2.22. The van der Waals surface area contributed by atoms with E-state index in [2.05, 4.69) is 5.27 Å². The molecule has 13 heavy (non-hydrogen) atoms. The number of ether oxygens (including phenoxy) is 1. The van der Waals surface area contributed by atoms with Gasteiger partial charge in [0.2, 0.25) is 5.76 Å². The van der Waals surface area contributed by atoms with Crippen molar-refractivity contribution in [2.45, 2.75) is 6.92 Å². The molecule has 1 aliphatic rings. The zero-order valence-electron chi connectivity index (χ0n) is 7.56. The fraction of sp³-hybridized carbons (Fsp3) is 0.714. The minimum atomic E-state index is 0.557. The Hall–Kier alpha value is -1.30. The topological polar surface area (TPSA) is 68.4 Å². The number of hydrogen-bond acceptors (Lipinski definition) is 5. The Morgan fingerprint density at radius 1 is 1.46 bits per heavy atom. The minimum Gasteiger partial charge on any atom is -0.377 e. The van der Waals surface area contributed by atoms with Gasteiger partial charge in [-0.15, -0.1) is 0 Å². The summed E-state index contributed by atoms with van der Waals surface area (Å²) in [7, 11) is 0. The quantitative estimate of drug-likeness (QED) is 0.558. The lowest BCUT2D eigenvalue weighted by atomic mass is 10.5. The van der Waals surface area contributed by atoms with E-state index in [1.807, 2.05) is 5.01 Å². The van der Waals surface area contributed by atoms with Crippen LogP contribution in [0.5, 0.6) is 0 Å². The smallest absolute Gasteiger partial charge is 0.363 e. The summed E-state index contributed by atoms with van der Waals surface area (Å²) in [6.45, 7) is 4.79. The van der Waals surface area contributed by atoms with Crippen LogP contribution in [-0.2, 0) is 4.74 Å². The molecule has 72 valence electrons. The molecule has 0 unspecified atom stereocenters. The number of rotatable bonds is 1. The van der Waals surface area contributed by atoms with E-state index in [4.69, 9.17) is 15.0 Å². The summed E-state index contributed by atoms with van der Waals surface area (Å²) >= 11 is 0. The highest BCUT2D eigenvalue weighted by Gasteiger charge is 2.23. The van der Waals surface area contributed by atoms with E-state index in [0.29, 0.717) is 24.8 Å². The number of nitrogens with zero attached hydrogens (tertiary/aromatic N) is 3. The molecule has 0 amide bonds. The molecule has 2 N–H and O–H groups in total. The summed E-state index contributed by atoms with van der Waals surface area (Å²) in [6, 6.07) is 0. The number of nitrogen functional groups attached to an aromatic ring is 1. The second-order valence-electron chi connectivity index (χ2n) is 2.97. The van der Waals surface area contributed by atoms with Gasteiger partial charge in [0, 0.05) is 11.7 Å². The van der Waals surface area contributed by atoms with Crippen molar-refractivity contribution in [2.24, 2.45) is 0 Å². The summed E-state index contributed by atoms with van der Waals surface area (Å²) in [4.78, 5) is 1.60. The molecule has 1 aromatic heterocycles. The van der Waals surface area contributed by atoms with Crippen LogP contribution in [0.1, 0.15) is 5.76 Å². The minimum absolute atomic E-state index is 0.557. The summed E-state index contributed by atoms with van der Waals surface area (Å²) in [6.07, 6.45) is 0. The van der Waals surface area contributed by atoms with E-state index >= 15 is 0 Å². The zero-order chi connectivity index (χ0) is 9.26. The van der Waals surface area contributed by atoms with E-state index < -0.39 is 0 Å². The molecule has 6 nitrogen and oxygen atoms in total. The van der Waals surface area contributed by atoms with Gasteiger partial charge >= 0.3 is 5.82 Å². The Bertz CT molecular complexity index is 293. The summed E-state index contributed by atoms with van der Waals surface area (Å²) < 4.78 is 10.2. The van der Waals surface area contributed by atoms with Gasteiger partial charge in [-0.05, 0) is 0 Å². The number of morpholine rings is 1. The van der Waals surface area contributed by atoms with Crippen LogP contribution in [0, 0.1) is 6.92 Å². The van der Waals surface area contributed by atoms with Crippen molar-refractivity contribution in [2.75, 3.05) is 37.0 Å². The molecule has 0 aromatic carbocycles. The van der Waals surface area contributed by atoms with Gasteiger partial charge in [0.05, 0.1) is 26.3 Å². The third-order valence-corrected chi connectivity index (χ3v) is 2.09. The van der Waals surface area contributed by atoms with Crippen LogP contribution >= 0.6 is 0 Å². The molecular weight excluding hydrogens is 172 g/mol. The molecule has 2 heterocycles. The summed E-state index contributed by atoms with van der Waals surface area (Å²) in [5.41, 5.74) is 5.76. The molecule has 1 fully saturated rings. The molecule has 0 aliphatic carbocycles. The van der Waals surface area contributed by atoms with E-state index in [1.165, 1.54) is 0 Å². The van der Waals surface area contributed by atoms with Crippen LogP contribution in [0.2, 0.25) is 0 Å². The maximum absolute atomic E-state index is 5.76. The van der Waals surface area contributed by atoms with Gasteiger partial charge in [-0.25, -0.2) is 5.01 Å². The Morgan fingerprint density at radius 2 is 2.15 bits per heavy atom. The zero-order valence-corrected chi connectivity index (χ0v) is 7.56. The summed E-state index contributed by atoms with van der Waals surface area (Å²) in [5.74, 6) is 1.20. The molecule has 1 aromatic rings. The first kappa shape index (κ1) is 8.31. The average molecular weight is 185 g/mol. The Labute approximate surface area is 75.8 Å². The van der Waals surface area contributed by atoms with Crippen molar-refractivity contribution in [3.8, 4) is 0 Å². The molecule has 1 aliphatic heterocycles. The van der Waals surface area contributed by atoms with Gasteiger partial charge < -0.3 is 9.26 Å². The Kier molecular flexibility index (Phi) is 2.05. The van der Waals surface area contributed by atoms with Crippen LogP contribution in [0.25, 0.3) is 0 Å². The van der Waals surface area contributed by atoms with Crippen molar-refractivity contribution in [1.29, 1.82) is 0 Å². The largest absolute Gasteiger partial charge is 0.377 e. The fourth-order valence-electron chi connectivity index (χ4n) is 1.28. The third kappa shape index (κ3) is 1.44. The SMILES string of the molecule is Cc1on[n+](N2CCOCC2)c1N. The second kappa shape index (κ2) is 3.21. The average Bonchev–Trinajstić information content (AvgIpc) is 2.49. The Morgan fingerprint density at radius 3 is 2.69 bits per heavy atom. The lowest BCUT2D eigenvalue weighted by Crippen LogP contribution is -2.64. The molecular formula is C7H13N4O2+. The molecule has 0 bridgehead atoms. The summed E-state index contributed by atoms with van der Waals surface area (Å²) in [5, 5.41) is 5.82. The molecule has 0 spiro atoms. The Balaban J connectivity index is 2.18.